The third-order valence-corrected chi connectivity index (χ3v) is 4.05. The summed E-state index contributed by atoms with van der Waals surface area (Å²) < 4.78 is 1.47. The monoisotopic (exact) mass is 342 g/mol. The lowest BCUT2D eigenvalue weighted by atomic mass is 9.91. The molecule has 0 saturated carbocycles. The van der Waals surface area contributed by atoms with Gasteiger partial charge < -0.3 is 15.0 Å². The molecule has 1 aromatic heterocycles. The van der Waals surface area contributed by atoms with Crippen LogP contribution in [0.3, 0.4) is 0 Å². The number of aliphatic carboxylic acids is 1. The van der Waals surface area contributed by atoms with Crippen molar-refractivity contribution >= 4 is 11.9 Å². The molecule has 0 aliphatic heterocycles. The van der Waals surface area contributed by atoms with Gasteiger partial charge in [-0.1, -0.05) is 36.4 Å². The second-order valence-electron chi connectivity index (χ2n) is 6.66. The number of aryl methyl sites for hydroxylation is 1. The highest BCUT2D eigenvalue weighted by Crippen LogP contribution is 2.21. The van der Waals surface area contributed by atoms with Crippen molar-refractivity contribution in [3.63, 3.8) is 0 Å². The summed E-state index contributed by atoms with van der Waals surface area (Å²) in [7, 11) is 0. The molecule has 1 amide bonds. The highest BCUT2D eigenvalue weighted by molar-refractivity contribution is 5.87. The number of nitrogens with zero attached hydrogens (tertiary/aromatic N) is 1. The van der Waals surface area contributed by atoms with Crippen LogP contribution in [0.5, 0.6) is 0 Å². The first-order valence-corrected chi connectivity index (χ1v) is 7.97. The maximum absolute atomic E-state index is 12.7. The molecule has 0 fully saturated rings. The summed E-state index contributed by atoms with van der Waals surface area (Å²) in [6.07, 6.45) is 1.62. The molecule has 132 valence electrons. The van der Waals surface area contributed by atoms with Gasteiger partial charge in [-0.15, -0.1) is 0 Å². The molecule has 0 aliphatic carbocycles. The van der Waals surface area contributed by atoms with E-state index in [1.54, 1.807) is 69.4 Å². The maximum atomic E-state index is 12.7. The van der Waals surface area contributed by atoms with Crippen molar-refractivity contribution in [3.8, 4) is 0 Å². The minimum absolute atomic E-state index is 0.153. The van der Waals surface area contributed by atoms with E-state index >= 15 is 0 Å². The molecular formula is C19H22N2O4. The van der Waals surface area contributed by atoms with Gasteiger partial charge >= 0.3 is 5.97 Å². The van der Waals surface area contributed by atoms with Crippen LogP contribution in [0.1, 0.15) is 31.0 Å². The third-order valence-electron chi connectivity index (χ3n) is 4.05. The van der Waals surface area contributed by atoms with Crippen LogP contribution in [-0.2, 0) is 16.1 Å². The molecule has 0 radical (unpaired) electrons. The summed E-state index contributed by atoms with van der Waals surface area (Å²) in [5.41, 5.74) is -0.0420. The quantitative estimate of drug-likeness (QED) is 0.842. The normalized spacial score (nSPS) is 12.4. The fourth-order valence-corrected chi connectivity index (χ4v) is 2.54. The van der Waals surface area contributed by atoms with Gasteiger partial charge in [-0.05, 0) is 32.4 Å². The molecule has 25 heavy (non-hydrogen) atoms. The summed E-state index contributed by atoms with van der Waals surface area (Å²) >= 11 is 0. The lowest BCUT2D eigenvalue weighted by molar-refractivity contribution is -0.143. The summed E-state index contributed by atoms with van der Waals surface area (Å²) in [4.78, 5) is 36.4. The summed E-state index contributed by atoms with van der Waals surface area (Å²) in [6, 6.07) is 10.8. The van der Waals surface area contributed by atoms with Gasteiger partial charge in [0.2, 0.25) is 5.91 Å². The minimum atomic E-state index is -1.14. The van der Waals surface area contributed by atoms with Crippen molar-refractivity contribution in [2.75, 3.05) is 0 Å². The van der Waals surface area contributed by atoms with Gasteiger partial charge in [-0.2, -0.15) is 0 Å². The van der Waals surface area contributed by atoms with Gasteiger partial charge in [-0.3, -0.25) is 9.59 Å². The Morgan fingerprint density at radius 3 is 2.40 bits per heavy atom. The number of nitrogens with one attached hydrogen (secondary N) is 1. The van der Waals surface area contributed by atoms with Crippen LogP contribution in [0.2, 0.25) is 0 Å². The van der Waals surface area contributed by atoms with Crippen LogP contribution in [0.15, 0.2) is 53.5 Å². The molecule has 0 bridgehead atoms. The van der Waals surface area contributed by atoms with Crippen molar-refractivity contribution in [3.05, 3.63) is 70.1 Å². The Morgan fingerprint density at radius 2 is 1.80 bits per heavy atom. The van der Waals surface area contributed by atoms with Crippen LogP contribution >= 0.6 is 0 Å². The lowest BCUT2D eigenvalue weighted by Gasteiger charge is -2.27. The van der Waals surface area contributed by atoms with Crippen LogP contribution in [-0.4, -0.2) is 21.6 Å². The molecule has 0 saturated heterocycles. The average Bonchev–Trinajstić information content (AvgIpc) is 2.57. The molecule has 1 unspecified atom stereocenters. The smallest absolute Gasteiger partial charge is 0.330 e. The first-order valence-electron chi connectivity index (χ1n) is 7.97. The van der Waals surface area contributed by atoms with E-state index in [1.807, 2.05) is 0 Å². The number of hydrogen-bond donors (Lipinski definition) is 2. The Morgan fingerprint density at radius 1 is 1.16 bits per heavy atom. The number of carboxylic acids is 1. The zero-order valence-electron chi connectivity index (χ0n) is 14.5. The summed E-state index contributed by atoms with van der Waals surface area (Å²) in [5, 5.41) is 12.0. The number of amides is 1. The molecule has 1 heterocycles. The molecule has 1 atom stereocenters. The Bertz CT molecular complexity index is 825. The summed E-state index contributed by atoms with van der Waals surface area (Å²) in [5.74, 6) is -1.57. The van der Waals surface area contributed by atoms with E-state index in [4.69, 9.17) is 0 Å². The Hall–Kier alpha value is -2.89. The number of rotatable bonds is 6. The first kappa shape index (κ1) is 18.4. The SMILES string of the molecule is Cc1cccn(CC(C)(C)C(=O)NC(C(=O)O)c2ccccc2)c1=O. The molecule has 2 N–H and O–H groups in total. The van der Waals surface area contributed by atoms with Crippen molar-refractivity contribution in [1.29, 1.82) is 0 Å². The van der Waals surface area contributed by atoms with E-state index in [9.17, 15) is 19.5 Å². The molecule has 0 spiro atoms. The number of pyridine rings is 1. The van der Waals surface area contributed by atoms with Crippen molar-refractivity contribution in [2.45, 2.75) is 33.4 Å². The minimum Gasteiger partial charge on any atom is -0.479 e. The van der Waals surface area contributed by atoms with Gasteiger partial charge in [0.15, 0.2) is 6.04 Å². The van der Waals surface area contributed by atoms with Gasteiger partial charge in [0, 0.05) is 18.3 Å². The Labute approximate surface area is 146 Å². The Kier molecular flexibility index (Phi) is 5.41. The molecule has 2 rings (SSSR count). The number of aromatic nitrogens is 1. The number of carbonyl (C=O) groups excluding carboxylic acids is 1. The van der Waals surface area contributed by atoms with Crippen LogP contribution < -0.4 is 10.9 Å². The Balaban J connectivity index is 2.21. The zero-order valence-corrected chi connectivity index (χ0v) is 14.5. The topological polar surface area (TPSA) is 88.4 Å². The fourth-order valence-electron chi connectivity index (χ4n) is 2.54. The second-order valence-corrected chi connectivity index (χ2v) is 6.66. The zero-order chi connectivity index (χ0) is 18.6. The van der Waals surface area contributed by atoms with Gasteiger partial charge in [0.25, 0.3) is 5.56 Å². The molecule has 1 aromatic carbocycles. The maximum Gasteiger partial charge on any atom is 0.330 e. The standard InChI is InChI=1S/C19H22N2O4/c1-13-8-7-11-21(16(13)22)12-19(2,3)18(25)20-15(17(23)24)14-9-5-4-6-10-14/h4-11,15H,12H2,1-3H3,(H,20,25)(H,23,24). The van der Waals surface area contributed by atoms with Crippen molar-refractivity contribution in [2.24, 2.45) is 5.41 Å². The summed E-state index contributed by atoms with van der Waals surface area (Å²) in [6.45, 7) is 5.23. The van der Waals surface area contributed by atoms with Crippen LogP contribution in [0.25, 0.3) is 0 Å². The number of benzene rings is 1. The number of carboxylic acid groups (broad SMARTS) is 1. The third kappa shape index (κ3) is 4.35. The molecule has 6 heteroatoms. The van der Waals surface area contributed by atoms with Gasteiger partial charge in [0.05, 0.1) is 5.41 Å². The highest BCUT2D eigenvalue weighted by Gasteiger charge is 2.32. The number of hydrogen-bond acceptors (Lipinski definition) is 3. The molecule has 2 aromatic rings. The van der Waals surface area contributed by atoms with E-state index in [2.05, 4.69) is 5.32 Å². The molecule has 6 nitrogen and oxygen atoms in total. The average molecular weight is 342 g/mol. The lowest BCUT2D eigenvalue weighted by Crippen LogP contribution is -2.44. The van der Waals surface area contributed by atoms with Gasteiger partial charge in [-0.25, -0.2) is 4.79 Å². The van der Waals surface area contributed by atoms with Crippen LogP contribution in [0.4, 0.5) is 0 Å². The predicted molar refractivity (Wildman–Crippen MR) is 94.2 cm³/mol. The van der Waals surface area contributed by atoms with E-state index in [0.29, 0.717) is 11.1 Å². The molecule has 0 aliphatic rings. The van der Waals surface area contributed by atoms with E-state index in [-0.39, 0.29) is 12.1 Å². The van der Waals surface area contributed by atoms with E-state index < -0.39 is 23.3 Å². The van der Waals surface area contributed by atoms with Crippen LogP contribution in [0, 0.1) is 12.3 Å². The van der Waals surface area contributed by atoms with E-state index in [1.165, 1.54) is 4.57 Å². The molecular weight excluding hydrogens is 320 g/mol. The fraction of sp³-hybridized carbons (Fsp3) is 0.316. The van der Waals surface area contributed by atoms with Gasteiger partial charge in [0.1, 0.15) is 0 Å². The highest BCUT2D eigenvalue weighted by atomic mass is 16.4. The van der Waals surface area contributed by atoms with Crippen molar-refractivity contribution < 1.29 is 14.7 Å². The largest absolute Gasteiger partial charge is 0.479 e. The second kappa shape index (κ2) is 7.34. The number of carbonyl (C=O) groups is 2. The van der Waals surface area contributed by atoms with Crippen molar-refractivity contribution in [1.82, 2.24) is 9.88 Å². The first-order chi connectivity index (χ1) is 11.7. The van der Waals surface area contributed by atoms with E-state index in [0.717, 1.165) is 0 Å². The predicted octanol–water partition coefficient (Wildman–Crippen LogP) is 2.13.